The summed E-state index contributed by atoms with van der Waals surface area (Å²) in [5.74, 6) is -0.981. The van der Waals surface area contributed by atoms with Gasteiger partial charge in [0.25, 0.3) is 0 Å². The fourth-order valence-corrected chi connectivity index (χ4v) is 2.68. The van der Waals surface area contributed by atoms with Crippen molar-refractivity contribution in [2.24, 2.45) is 0 Å². The molecule has 1 aliphatic rings. The molecule has 5 heteroatoms. The minimum Gasteiger partial charge on any atom is -0.507 e. The zero-order valence-corrected chi connectivity index (χ0v) is 11.2. The highest BCUT2D eigenvalue weighted by Gasteiger charge is 2.34. The van der Waals surface area contributed by atoms with Crippen LogP contribution in [0.3, 0.4) is 0 Å². The van der Waals surface area contributed by atoms with Crippen LogP contribution < -0.4 is 5.73 Å². The fraction of sp³-hybridized carbons (Fsp3) is 0. The Kier molecular flexibility index (Phi) is 2.46. The number of phenolic OH excluding ortho intramolecular Hbond substituents is 1. The van der Waals surface area contributed by atoms with E-state index in [0.29, 0.717) is 10.0 Å². The van der Waals surface area contributed by atoms with Crippen molar-refractivity contribution in [2.45, 2.75) is 0 Å². The summed E-state index contributed by atoms with van der Waals surface area (Å²) in [6.07, 6.45) is 0. The van der Waals surface area contributed by atoms with Crippen LogP contribution in [-0.2, 0) is 0 Å². The number of aromatic hydroxyl groups is 1. The van der Waals surface area contributed by atoms with E-state index in [2.05, 4.69) is 15.9 Å². The van der Waals surface area contributed by atoms with Gasteiger partial charge in [-0.15, -0.1) is 0 Å². The summed E-state index contributed by atoms with van der Waals surface area (Å²) >= 11 is 3.16. The molecule has 94 valence electrons. The molecule has 1 aliphatic carbocycles. The molecule has 0 heterocycles. The first kappa shape index (κ1) is 11.9. The standard InChI is InChI=1S/C14H8BrNO3/c15-8-5-9(17)10-11(12(8)16)14(19)7-4-2-1-3-6(7)13(10)18/h1-5,17H,16H2. The molecule has 0 bridgehead atoms. The van der Waals surface area contributed by atoms with Gasteiger partial charge >= 0.3 is 0 Å². The second-order valence-electron chi connectivity index (χ2n) is 4.25. The molecular formula is C14H8BrNO3. The lowest BCUT2D eigenvalue weighted by Gasteiger charge is -2.20. The van der Waals surface area contributed by atoms with E-state index < -0.39 is 0 Å². The Balaban J connectivity index is 2.43. The average Bonchev–Trinajstić information content (AvgIpc) is 2.40. The van der Waals surface area contributed by atoms with Gasteiger partial charge in [-0.25, -0.2) is 0 Å². The van der Waals surface area contributed by atoms with E-state index in [1.165, 1.54) is 6.07 Å². The maximum atomic E-state index is 12.4. The van der Waals surface area contributed by atoms with Crippen LogP contribution in [0.2, 0.25) is 0 Å². The third-order valence-electron chi connectivity index (χ3n) is 3.17. The van der Waals surface area contributed by atoms with E-state index in [0.717, 1.165) is 0 Å². The van der Waals surface area contributed by atoms with Crippen LogP contribution in [0, 0.1) is 0 Å². The molecule has 3 N–H and O–H groups in total. The zero-order valence-electron chi connectivity index (χ0n) is 9.61. The highest BCUT2D eigenvalue weighted by Crippen LogP contribution is 2.39. The average molecular weight is 318 g/mol. The van der Waals surface area contributed by atoms with Gasteiger partial charge in [0.1, 0.15) is 5.75 Å². The smallest absolute Gasteiger partial charge is 0.198 e. The first-order valence-corrected chi connectivity index (χ1v) is 6.31. The lowest BCUT2D eigenvalue weighted by molar-refractivity contribution is 0.0977. The predicted octanol–water partition coefficient (Wildman–Crippen LogP) is 2.51. The van der Waals surface area contributed by atoms with Crippen molar-refractivity contribution in [1.29, 1.82) is 0 Å². The number of carbonyl (C=O) groups is 2. The number of anilines is 1. The van der Waals surface area contributed by atoms with E-state index in [9.17, 15) is 14.7 Å². The van der Waals surface area contributed by atoms with Gasteiger partial charge in [-0.2, -0.15) is 0 Å². The monoisotopic (exact) mass is 317 g/mol. The number of hydrogen-bond donors (Lipinski definition) is 2. The first-order valence-electron chi connectivity index (χ1n) is 5.51. The van der Waals surface area contributed by atoms with Gasteiger partial charge in [-0.1, -0.05) is 24.3 Å². The summed E-state index contributed by atoms with van der Waals surface area (Å²) in [6, 6.07) is 7.83. The minimum absolute atomic E-state index is 0.0237. The maximum Gasteiger partial charge on any atom is 0.198 e. The van der Waals surface area contributed by atoms with Crippen molar-refractivity contribution < 1.29 is 14.7 Å². The highest BCUT2D eigenvalue weighted by atomic mass is 79.9. The summed E-state index contributed by atoms with van der Waals surface area (Å²) in [7, 11) is 0. The molecule has 2 aromatic carbocycles. The van der Waals surface area contributed by atoms with Gasteiger partial charge in [0.2, 0.25) is 0 Å². The van der Waals surface area contributed by atoms with Gasteiger partial charge in [0.05, 0.1) is 16.8 Å². The second kappa shape index (κ2) is 3.93. The zero-order chi connectivity index (χ0) is 13.7. The van der Waals surface area contributed by atoms with Crippen molar-refractivity contribution in [3.63, 3.8) is 0 Å². The highest BCUT2D eigenvalue weighted by molar-refractivity contribution is 9.10. The molecule has 0 aliphatic heterocycles. The number of nitrogen functional groups attached to an aromatic ring is 1. The van der Waals surface area contributed by atoms with E-state index in [4.69, 9.17) is 5.73 Å². The van der Waals surface area contributed by atoms with Crippen LogP contribution >= 0.6 is 15.9 Å². The summed E-state index contributed by atoms with van der Waals surface area (Å²) in [5.41, 5.74) is 6.66. The molecule has 2 aromatic rings. The van der Waals surface area contributed by atoms with Crippen LogP contribution in [0.25, 0.3) is 0 Å². The summed E-state index contributed by atoms with van der Waals surface area (Å²) in [5, 5.41) is 9.92. The molecule has 0 aromatic heterocycles. The molecule has 0 saturated carbocycles. The molecule has 0 radical (unpaired) electrons. The van der Waals surface area contributed by atoms with Gasteiger partial charge in [0.15, 0.2) is 11.6 Å². The number of ketones is 2. The quantitative estimate of drug-likeness (QED) is 0.493. The maximum absolute atomic E-state index is 12.4. The third-order valence-corrected chi connectivity index (χ3v) is 3.82. The van der Waals surface area contributed by atoms with Crippen LogP contribution in [0.1, 0.15) is 31.8 Å². The van der Waals surface area contributed by atoms with Gasteiger partial charge < -0.3 is 10.8 Å². The van der Waals surface area contributed by atoms with Crippen molar-refractivity contribution in [3.8, 4) is 5.75 Å². The number of fused-ring (bicyclic) bond motifs is 2. The Morgan fingerprint density at radius 1 is 1.00 bits per heavy atom. The van der Waals surface area contributed by atoms with Gasteiger partial charge in [-0.05, 0) is 22.0 Å². The van der Waals surface area contributed by atoms with E-state index in [1.54, 1.807) is 24.3 Å². The van der Waals surface area contributed by atoms with E-state index in [-0.39, 0.29) is 39.7 Å². The summed E-state index contributed by atoms with van der Waals surface area (Å²) in [4.78, 5) is 24.8. The molecular weight excluding hydrogens is 310 g/mol. The van der Waals surface area contributed by atoms with Crippen molar-refractivity contribution in [2.75, 3.05) is 5.73 Å². The third kappa shape index (κ3) is 1.51. The Labute approximate surface area is 117 Å². The minimum atomic E-state index is -0.387. The van der Waals surface area contributed by atoms with Crippen LogP contribution in [0.4, 0.5) is 5.69 Å². The Hall–Kier alpha value is -2.14. The van der Waals surface area contributed by atoms with Gasteiger partial charge in [-0.3, -0.25) is 9.59 Å². The lowest BCUT2D eigenvalue weighted by Crippen LogP contribution is -2.22. The van der Waals surface area contributed by atoms with Crippen molar-refractivity contribution >= 4 is 33.2 Å². The molecule has 3 rings (SSSR count). The summed E-state index contributed by atoms with van der Waals surface area (Å²) in [6.45, 7) is 0. The number of nitrogens with two attached hydrogens (primary N) is 1. The second-order valence-corrected chi connectivity index (χ2v) is 5.10. The lowest BCUT2D eigenvalue weighted by atomic mass is 9.83. The number of halogens is 1. The molecule has 0 saturated heterocycles. The molecule has 4 nitrogen and oxygen atoms in total. The fourth-order valence-electron chi connectivity index (χ4n) is 2.27. The van der Waals surface area contributed by atoms with Crippen LogP contribution in [0.15, 0.2) is 34.8 Å². The molecule has 19 heavy (non-hydrogen) atoms. The van der Waals surface area contributed by atoms with Crippen molar-refractivity contribution in [1.82, 2.24) is 0 Å². The molecule has 0 unspecified atom stereocenters. The van der Waals surface area contributed by atoms with Gasteiger partial charge in [0, 0.05) is 15.6 Å². The Morgan fingerprint density at radius 3 is 2.11 bits per heavy atom. The van der Waals surface area contributed by atoms with Crippen LogP contribution in [-0.4, -0.2) is 16.7 Å². The number of carbonyl (C=O) groups excluding carboxylic acids is 2. The van der Waals surface area contributed by atoms with Crippen molar-refractivity contribution in [3.05, 3.63) is 57.1 Å². The normalized spacial score (nSPS) is 13.1. The Bertz CT molecular complexity index is 753. The number of rotatable bonds is 0. The number of benzene rings is 2. The molecule has 0 spiro atoms. The molecule has 0 amide bonds. The summed E-state index contributed by atoms with van der Waals surface area (Å²) < 4.78 is 0.393. The molecule has 0 atom stereocenters. The number of phenols is 1. The largest absolute Gasteiger partial charge is 0.507 e. The van der Waals surface area contributed by atoms with Crippen LogP contribution in [0.5, 0.6) is 5.75 Å². The predicted molar refractivity (Wildman–Crippen MR) is 73.5 cm³/mol. The Morgan fingerprint density at radius 2 is 1.53 bits per heavy atom. The van der Waals surface area contributed by atoms with E-state index in [1.807, 2.05) is 0 Å². The topological polar surface area (TPSA) is 80.4 Å². The van der Waals surface area contributed by atoms with E-state index >= 15 is 0 Å². The first-order chi connectivity index (χ1) is 9.02. The molecule has 0 fully saturated rings. The number of hydrogen-bond acceptors (Lipinski definition) is 4. The SMILES string of the molecule is Nc1c(Br)cc(O)c2c1C(=O)c1ccccc1C2=O.